The average Bonchev–Trinajstić information content (AvgIpc) is 3.85. The molecule has 1 aliphatic carbocycles. The molecule has 2 atom stereocenters. The van der Waals surface area contributed by atoms with Gasteiger partial charge in [-0.2, -0.15) is 15.2 Å². The van der Waals surface area contributed by atoms with Gasteiger partial charge in [0.15, 0.2) is 0 Å². The van der Waals surface area contributed by atoms with Crippen LogP contribution in [0, 0.1) is 11.3 Å². The largest absolute Gasteiger partial charge is 0.461 e. The molecule has 1 spiro atoms. The predicted molar refractivity (Wildman–Crippen MR) is 169 cm³/mol. The Hall–Kier alpha value is -4.20. The highest BCUT2D eigenvalue weighted by Gasteiger charge is 2.50. The number of hydrogen-bond acceptors (Lipinski definition) is 9. The molecular weight excluding hydrogens is 554 g/mol. The summed E-state index contributed by atoms with van der Waals surface area (Å²) in [5.41, 5.74) is 3.47. The van der Waals surface area contributed by atoms with Gasteiger partial charge in [0.05, 0.1) is 37.4 Å². The van der Waals surface area contributed by atoms with Gasteiger partial charge in [0.2, 0.25) is 5.91 Å². The van der Waals surface area contributed by atoms with Gasteiger partial charge in [-0.15, -0.1) is 0 Å². The molecule has 10 nitrogen and oxygen atoms in total. The molecule has 3 aliphatic heterocycles. The van der Waals surface area contributed by atoms with Gasteiger partial charge in [-0.3, -0.25) is 9.69 Å². The molecule has 2 saturated heterocycles. The van der Waals surface area contributed by atoms with Crippen molar-refractivity contribution in [3.8, 4) is 12.1 Å². The number of anilines is 2. The smallest absolute Gasteiger partial charge is 0.318 e. The van der Waals surface area contributed by atoms with E-state index in [1.165, 1.54) is 35.4 Å². The van der Waals surface area contributed by atoms with Crippen molar-refractivity contribution in [3.05, 3.63) is 66.4 Å². The van der Waals surface area contributed by atoms with Gasteiger partial charge < -0.3 is 24.2 Å². The van der Waals surface area contributed by atoms with Crippen molar-refractivity contribution >= 4 is 28.2 Å². The third kappa shape index (κ3) is 5.35. The summed E-state index contributed by atoms with van der Waals surface area (Å²) in [5.74, 6) is 0.699. The van der Waals surface area contributed by atoms with Crippen molar-refractivity contribution in [1.29, 1.82) is 5.26 Å². The van der Waals surface area contributed by atoms with Crippen LogP contribution in [0.3, 0.4) is 0 Å². The average molecular weight is 594 g/mol. The number of carbonyl (C=O) groups excluding carboxylic acids is 1. The number of benzene rings is 2. The standard InChI is InChI=1S/C34H39N7O3/c1-3-31(42)41-18-17-40(19-25(41)11-15-35)32-28-12-16-39(30-10-6-8-24-7-4-5-9-27(24)30)21-29(28)36-33(37-32)43-22-26-20-38(2)34(13-14-34)23-44-26/h3-10,25-26H,1,11-14,16-23H2,2H3. The van der Waals surface area contributed by atoms with Crippen LogP contribution in [0.4, 0.5) is 11.5 Å². The van der Waals surface area contributed by atoms with E-state index >= 15 is 0 Å². The first-order chi connectivity index (χ1) is 21.5. The number of likely N-dealkylation sites (N-methyl/N-ethyl adjacent to an activating group) is 1. The van der Waals surface area contributed by atoms with E-state index in [1.54, 1.807) is 4.90 Å². The third-order valence-corrected chi connectivity index (χ3v) is 9.80. The van der Waals surface area contributed by atoms with Crippen LogP contribution in [0.5, 0.6) is 6.01 Å². The van der Waals surface area contributed by atoms with Crippen LogP contribution in [0.15, 0.2) is 55.1 Å². The van der Waals surface area contributed by atoms with E-state index in [2.05, 4.69) is 76.9 Å². The molecule has 3 aromatic rings. The van der Waals surface area contributed by atoms with E-state index in [0.29, 0.717) is 38.8 Å². The molecule has 3 fully saturated rings. The molecular formula is C34H39N7O3. The highest BCUT2D eigenvalue weighted by atomic mass is 16.5. The molecule has 4 aliphatic rings. The Morgan fingerprint density at radius 1 is 1.14 bits per heavy atom. The Bertz CT molecular complexity index is 1610. The normalized spacial score (nSPS) is 22.9. The van der Waals surface area contributed by atoms with E-state index in [4.69, 9.17) is 19.4 Å². The van der Waals surface area contributed by atoms with Crippen molar-refractivity contribution in [2.45, 2.75) is 49.9 Å². The summed E-state index contributed by atoms with van der Waals surface area (Å²) in [6.45, 7) is 8.69. The lowest BCUT2D eigenvalue weighted by atomic mass is 10.0. The summed E-state index contributed by atoms with van der Waals surface area (Å²) in [5, 5.41) is 12.0. The second-order valence-corrected chi connectivity index (χ2v) is 12.5. The molecule has 228 valence electrons. The number of ether oxygens (including phenoxy) is 2. The molecule has 2 unspecified atom stereocenters. The molecule has 0 radical (unpaired) electrons. The van der Waals surface area contributed by atoms with E-state index in [0.717, 1.165) is 43.2 Å². The summed E-state index contributed by atoms with van der Waals surface area (Å²) >= 11 is 0. The van der Waals surface area contributed by atoms with Gasteiger partial charge in [0, 0.05) is 54.9 Å². The Morgan fingerprint density at radius 3 is 2.77 bits per heavy atom. The second kappa shape index (κ2) is 11.7. The number of fused-ring (bicyclic) bond motifs is 2. The predicted octanol–water partition coefficient (Wildman–Crippen LogP) is 3.55. The number of nitrogens with zero attached hydrogens (tertiary/aromatic N) is 7. The number of aromatic nitrogens is 2. The minimum absolute atomic E-state index is 0.0463. The third-order valence-electron chi connectivity index (χ3n) is 9.80. The Balaban J connectivity index is 1.18. The van der Waals surface area contributed by atoms with E-state index in [1.807, 2.05) is 0 Å². The van der Waals surface area contributed by atoms with Crippen LogP contribution in [-0.2, 0) is 22.5 Å². The molecule has 1 saturated carbocycles. The maximum atomic E-state index is 12.6. The maximum absolute atomic E-state index is 12.6. The van der Waals surface area contributed by atoms with Crippen LogP contribution >= 0.6 is 0 Å². The molecule has 0 N–H and O–H groups in total. The van der Waals surface area contributed by atoms with Crippen molar-refractivity contribution in [2.24, 2.45) is 0 Å². The number of piperazine rings is 1. The van der Waals surface area contributed by atoms with E-state index < -0.39 is 0 Å². The number of carbonyl (C=O) groups is 1. The van der Waals surface area contributed by atoms with Gasteiger partial charge in [-0.05, 0) is 43.8 Å². The molecule has 7 rings (SSSR count). The van der Waals surface area contributed by atoms with Gasteiger partial charge in [-0.25, -0.2) is 0 Å². The SMILES string of the molecule is C=CC(=O)N1CCN(c2nc(OCC3CN(C)C4(CC4)CO3)nc3c2CCN(c2cccc4ccccc24)C3)CC1CC#N. The fourth-order valence-electron chi connectivity index (χ4n) is 7.01. The van der Waals surface area contributed by atoms with Crippen LogP contribution in [0.2, 0.25) is 0 Å². The first-order valence-corrected chi connectivity index (χ1v) is 15.6. The van der Waals surface area contributed by atoms with Crippen LogP contribution < -0.4 is 14.5 Å². The first-order valence-electron chi connectivity index (χ1n) is 15.6. The summed E-state index contributed by atoms with van der Waals surface area (Å²) in [6, 6.07) is 17.3. The molecule has 44 heavy (non-hydrogen) atoms. The highest BCUT2D eigenvalue weighted by molar-refractivity contribution is 5.94. The van der Waals surface area contributed by atoms with Crippen molar-refractivity contribution in [2.75, 3.05) is 62.8 Å². The monoisotopic (exact) mass is 593 g/mol. The first kappa shape index (κ1) is 28.6. The number of rotatable bonds is 7. The van der Waals surface area contributed by atoms with Gasteiger partial charge in [0.25, 0.3) is 0 Å². The minimum Gasteiger partial charge on any atom is -0.461 e. The molecule has 0 bridgehead atoms. The quantitative estimate of drug-likeness (QED) is 0.381. The van der Waals surface area contributed by atoms with Crippen LogP contribution in [0.1, 0.15) is 30.5 Å². The summed E-state index contributed by atoms with van der Waals surface area (Å²) in [6.07, 6.45) is 4.70. The minimum atomic E-state index is -0.245. The Morgan fingerprint density at radius 2 is 1.98 bits per heavy atom. The molecule has 4 heterocycles. The van der Waals surface area contributed by atoms with Crippen LogP contribution in [-0.4, -0.2) is 96.3 Å². The van der Waals surface area contributed by atoms with E-state index in [-0.39, 0.29) is 30.0 Å². The van der Waals surface area contributed by atoms with Crippen LogP contribution in [0.25, 0.3) is 10.8 Å². The molecule has 1 aromatic heterocycles. The lowest BCUT2D eigenvalue weighted by molar-refractivity contribution is -0.128. The Labute approximate surface area is 258 Å². The zero-order valence-electron chi connectivity index (χ0n) is 25.3. The number of morpholine rings is 1. The zero-order chi connectivity index (χ0) is 30.3. The van der Waals surface area contributed by atoms with Crippen molar-refractivity contribution in [3.63, 3.8) is 0 Å². The fraction of sp³-hybridized carbons (Fsp3) is 0.471. The Kier molecular flexibility index (Phi) is 7.60. The lowest BCUT2D eigenvalue weighted by Crippen LogP contribution is -2.55. The summed E-state index contributed by atoms with van der Waals surface area (Å²) in [4.78, 5) is 31.3. The topological polar surface area (TPSA) is 98.1 Å². The van der Waals surface area contributed by atoms with E-state index in [9.17, 15) is 10.1 Å². The number of nitriles is 1. The van der Waals surface area contributed by atoms with Gasteiger partial charge in [-0.1, -0.05) is 43.0 Å². The summed E-state index contributed by atoms with van der Waals surface area (Å²) < 4.78 is 12.5. The van der Waals surface area contributed by atoms with Crippen molar-refractivity contribution < 1.29 is 14.3 Å². The lowest BCUT2D eigenvalue weighted by Gasteiger charge is -2.42. The number of hydrogen-bond donors (Lipinski definition) is 0. The number of amides is 1. The molecule has 10 heteroatoms. The molecule has 2 aromatic carbocycles. The van der Waals surface area contributed by atoms with Gasteiger partial charge in [0.1, 0.15) is 18.5 Å². The summed E-state index contributed by atoms with van der Waals surface area (Å²) in [7, 11) is 2.17. The highest BCUT2D eigenvalue weighted by Crippen LogP contribution is 2.43. The van der Waals surface area contributed by atoms with Gasteiger partial charge >= 0.3 is 6.01 Å². The second-order valence-electron chi connectivity index (χ2n) is 12.5. The fourth-order valence-corrected chi connectivity index (χ4v) is 7.01. The van der Waals surface area contributed by atoms with Crippen molar-refractivity contribution in [1.82, 2.24) is 19.8 Å². The maximum Gasteiger partial charge on any atom is 0.318 e. The molecule has 1 amide bonds. The zero-order valence-corrected chi connectivity index (χ0v) is 25.3.